The van der Waals surface area contributed by atoms with E-state index in [-0.39, 0.29) is 11.1 Å². The first-order chi connectivity index (χ1) is 14.8. The molecule has 31 heavy (non-hydrogen) atoms. The van der Waals surface area contributed by atoms with Crippen molar-refractivity contribution in [2.45, 2.75) is 6.54 Å². The molecule has 0 spiro atoms. The minimum absolute atomic E-state index is 0.0883. The fourth-order valence-corrected chi connectivity index (χ4v) is 3.86. The van der Waals surface area contributed by atoms with Gasteiger partial charge in [0.15, 0.2) is 5.78 Å². The van der Waals surface area contributed by atoms with E-state index in [9.17, 15) is 24.6 Å². The molecular weight excluding hydrogens is 464 g/mol. The van der Waals surface area contributed by atoms with Gasteiger partial charge in [-0.05, 0) is 42.0 Å². The van der Waals surface area contributed by atoms with Crippen LogP contribution in [0.2, 0.25) is 0 Å². The van der Waals surface area contributed by atoms with Gasteiger partial charge in [-0.15, -0.1) is 0 Å². The molecule has 0 bridgehead atoms. The van der Waals surface area contributed by atoms with Crippen molar-refractivity contribution in [2.75, 3.05) is 0 Å². The molecule has 0 aromatic heterocycles. The van der Waals surface area contributed by atoms with Gasteiger partial charge in [0, 0.05) is 33.3 Å². The zero-order valence-electron chi connectivity index (χ0n) is 15.9. The summed E-state index contributed by atoms with van der Waals surface area (Å²) in [6, 6.07) is 14.6. The number of carbonyl (C=O) groups is 3. The molecule has 7 nitrogen and oxygen atoms in total. The lowest BCUT2D eigenvalue weighted by molar-refractivity contribution is 0.0651. The second-order valence-corrected chi connectivity index (χ2v) is 7.82. The van der Waals surface area contributed by atoms with Crippen molar-refractivity contribution in [2.24, 2.45) is 10.7 Å². The number of carboxylic acids is 2. The smallest absolute Gasteiger partial charge is 0.336 e. The van der Waals surface area contributed by atoms with E-state index in [0.29, 0.717) is 33.5 Å². The monoisotopic (exact) mass is 478 g/mol. The van der Waals surface area contributed by atoms with E-state index >= 15 is 0 Å². The minimum Gasteiger partial charge on any atom is -0.478 e. The Morgan fingerprint density at radius 1 is 0.839 bits per heavy atom. The molecule has 3 aromatic carbocycles. The van der Waals surface area contributed by atoms with Crippen molar-refractivity contribution in [1.82, 2.24) is 0 Å². The number of ketones is 1. The maximum atomic E-state index is 13.2. The fourth-order valence-electron chi connectivity index (χ4n) is 3.49. The third-order valence-electron chi connectivity index (χ3n) is 5.01. The third-order valence-corrected chi connectivity index (χ3v) is 5.51. The second-order valence-electron chi connectivity index (χ2n) is 6.90. The summed E-state index contributed by atoms with van der Waals surface area (Å²) >= 11 is 3.35. The van der Waals surface area contributed by atoms with Crippen molar-refractivity contribution >= 4 is 45.1 Å². The van der Waals surface area contributed by atoms with Crippen molar-refractivity contribution in [3.63, 3.8) is 0 Å². The summed E-state index contributed by atoms with van der Waals surface area (Å²) in [7, 11) is 0. The standard InChI is InChI=1S/C23H15BrN2O5/c24-12-3-6-14-16(7-12)21(27)17-9-19(23(30)31)18(22(28)29)8-15(17)20(14)26-13-4-1-11(10-25)2-5-13/h1-9H,10,25H2,(H,28,29)(H,30,31). The first-order valence-electron chi connectivity index (χ1n) is 9.17. The lowest BCUT2D eigenvalue weighted by Gasteiger charge is -2.22. The zero-order chi connectivity index (χ0) is 22.3. The number of nitrogens with two attached hydrogens (primary N) is 1. The number of halogens is 1. The van der Waals surface area contributed by atoms with Crippen LogP contribution in [0.1, 0.15) is 53.3 Å². The van der Waals surface area contributed by atoms with Crippen molar-refractivity contribution in [1.29, 1.82) is 0 Å². The van der Waals surface area contributed by atoms with Gasteiger partial charge in [-0.25, -0.2) is 14.6 Å². The quantitative estimate of drug-likeness (QED) is 0.406. The van der Waals surface area contributed by atoms with Gasteiger partial charge in [0.1, 0.15) is 0 Å². The van der Waals surface area contributed by atoms with Crippen LogP contribution in [0.4, 0.5) is 5.69 Å². The summed E-state index contributed by atoms with van der Waals surface area (Å²) in [6.07, 6.45) is 0. The molecule has 1 aliphatic carbocycles. The lowest BCUT2D eigenvalue weighted by Crippen LogP contribution is -2.24. The Bertz CT molecular complexity index is 1300. The van der Waals surface area contributed by atoms with Crippen LogP contribution in [0.5, 0.6) is 0 Å². The van der Waals surface area contributed by atoms with Gasteiger partial charge in [0.2, 0.25) is 0 Å². The summed E-state index contributed by atoms with van der Waals surface area (Å²) in [5, 5.41) is 19.0. The predicted octanol–water partition coefficient (Wildman–Crippen LogP) is 4.02. The van der Waals surface area contributed by atoms with Crippen LogP contribution in [0.3, 0.4) is 0 Å². The third kappa shape index (κ3) is 3.67. The van der Waals surface area contributed by atoms with Crippen LogP contribution in [-0.4, -0.2) is 33.6 Å². The Morgan fingerprint density at radius 3 is 2.00 bits per heavy atom. The van der Waals surface area contributed by atoms with E-state index in [1.165, 1.54) is 6.07 Å². The zero-order valence-corrected chi connectivity index (χ0v) is 17.5. The molecule has 0 saturated heterocycles. The van der Waals surface area contributed by atoms with Gasteiger partial charge in [-0.1, -0.05) is 34.1 Å². The molecule has 0 fully saturated rings. The molecule has 0 atom stereocenters. The Kier molecular flexibility index (Phi) is 5.26. The van der Waals surface area contributed by atoms with Gasteiger partial charge in [-0.2, -0.15) is 0 Å². The van der Waals surface area contributed by atoms with Crippen LogP contribution in [0, 0.1) is 0 Å². The van der Waals surface area contributed by atoms with Crippen molar-refractivity contribution in [3.8, 4) is 0 Å². The molecule has 1 aliphatic rings. The van der Waals surface area contributed by atoms with E-state index in [1.807, 2.05) is 12.1 Å². The molecule has 4 rings (SSSR count). The fraction of sp³-hybridized carbons (Fsp3) is 0.0435. The average Bonchev–Trinajstić information content (AvgIpc) is 2.76. The van der Waals surface area contributed by atoms with Crippen LogP contribution < -0.4 is 5.73 Å². The normalized spacial score (nSPS) is 13.6. The van der Waals surface area contributed by atoms with Crippen molar-refractivity contribution in [3.05, 3.63) is 98.0 Å². The van der Waals surface area contributed by atoms with Crippen LogP contribution in [-0.2, 0) is 6.54 Å². The van der Waals surface area contributed by atoms with Crippen LogP contribution >= 0.6 is 15.9 Å². The highest BCUT2D eigenvalue weighted by atomic mass is 79.9. The number of carbonyl (C=O) groups excluding carboxylic acids is 1. The summed E-state index contributed by atoms with van der Waals surface area (Å²) in [4.78, 5) is 41.2. The Hall–Kier alpha value is -3.62. The highest BCUT2D eigenvalue weighted by molar-refractivity contribution is 9.10. The van der Waals surface area contributed by atoms with Crippen molar-refractivity contribution < 1.29 is 24.6 Å². The van der Waals surface area contributed by atoms with E-state index in [4.69, 9.17) is 5.73 Å². The molecule has 0 heterocycles. The lowest BCUT2D eigenvalue weighted by atomic mass is 9.81. The Balaban J connectivity index is 2.03. The summed E-state index contributed by atoms with van der Waals surface area (Å²) < 4.78 is 0.676. The topological polar surface area (TPSA) is 130 Å². The Morgan fingerprint density at radius 2 is 1.42 bits per heavy atom. The highest BCUT2D eigenvalue weighted by Gasteiger charge is 2.32. The van der Waals surface area contributed by atoms with E-state index in [1.54, 1.807) is 30.3 Å². The maximum Gasteiger partial charge on any atom is 0.336 e. The van der Waals surface area contributed by atoms with E-state index < -0.39 is 28.8 Å². The number of fused-ring (bicyclic) bond motifs is 2. The molecule has 0 unspecified atom stereocenters. The van der Waals surface area contributed by atoms with Gasteiger partial charge >= 0.3 is 11.9 Å². The number of carboxylic acid groups (broad SMARTS) is 2. The first kappa shape index (κ1) is 20.6. The molecule has 0 amide bonds. The average molecular weight is 479 g/mol. The van der Waals surface area contributed by atoms with E-state index in [0.717, 1.165) is 11.6 Å². The van der Waals surface area contributed by atoms with Gasteiger partial charge in [0.25, 0.3) is 0 Å². The molecule has 0 aliphatic heterocycles. The maximum absolute atomic E-state index is 13.2. The number of rotatable bonds is 4. The van der Waals surface area contributed by atoms with Gasteiger partial charge in [-0.3, -0.25) is 4.79 Å². The van der Waals surface area contributed by atoms with Crippen LogP contribution in [0.15, 0.2) is 64.1 Å². The molecular formula is C23H15BrN2O5. The number of hydrogen-bond acceptors (Lipinski definition) is 5. The number of hydrogen-bond donors (Lipinski definition) is 3. The minimum atomic E-state index is -1.43. The summed E-state index contributed by atoms with van der Waals surface area (Å²) in [5.74, 6) is -3.23. The number of nitrogens with zero attached hydrogens (tertiary/aromatic N) is 1. The SMILES string of the molecule is NCc1ccc(N=C2c3ccc(Br)cc3C(=O)c3cc(C(=O)O)c(C(=O)O)cc32)cc1. The molecule has 0 radical (unpaired) electrons. The summed E-state index contributed by atoms with van der Waals surface area (Å²) in [6.45, 7) is 0.380. The molecule has 0 saturated carbocycles. The molecule has 4 N–H and O–H groups in total. The second kappa shape index (κ2) is 7.90. The molecule has 3 aromatic rings. The predicted molar refractivity (Wildman–Crippen MR) is 118 cm³/mol. The van der Waals surface area contributed by atoms with E-state index in [2.05, 4.69) is 20.9 Å². The molecule has 154 valence electrons. The van der Waals surface area contributed by atoms with Gasteiger partial charge < -0.3 is 15.9 Å². The highest BCUT2D eigenvalue weighted by Crippen LogP contribution is 2.33. The summed E-state index contributed by atoms with van der Waals surface area (Å²) in [5.41, 5.74) is 7.90. The molecule has 8 heteroatoms. The number of benzene rings is 3. The first-order valence-corrected chi connectivity index (χ1v) is 9.96. The largest absolute Gasteiger partial charge is 0.478 e. The Labute approximate surface area is 185 Å². The number of aromatic carboxylic acids is 2. The van der Waals surface area contributed by atoms with Crippen LogP contribution in [0.25, 0.3) is 0 Å². The number of aliphatic imine (C=N–C) groups is 1. The van der Waals surface area contributed by atoms with Gasteiger partial charge in [0.05, 0.1) is 22.5 Å².